The summed E-state index contributed by atoms with van der Waals surface area (Å²) in [6.07, 6.45) is 4.98. The Labute approximate surface area is 145 Å². The summed E-state index contributed by atoms with van der Waals surface area (Å²) >= 11 is 1.15. The molecule has 1 aliphatic rings. The number of hydrogen-bond acceptors (Lipinski definition) is 4. The highest BCUT2D eigenvalue weighted by atomic mass is 32.1. The maximum atomic E-state index is 12.9. The van der Waals surface area contributed by atoms with E-state index in [1.807, 2.05) is 24.0 Å². The van der Waals surface area contributed by atoms with Gasteiger partial charge in [0.15, 0.2) is 0 Å². The van der Waals surface area contributed by atoms with E-state index in [1.165, 1.54) is 0 Å². The minimum atomic E-state index is -0.0708. The molecule has 1 unspecified atom stereocenters. The number of aryl methyl sites for hydroxylation is 2. The molecule has 0 spiro atoms. The molecule has 0 aliphatic carbocycles. The minimum absolute atomic E-state index is 0.0000477. The van der Waals surface area contributed by atoms with Gasteiger partial charge >= 0.3 is 4.87 Å². The summed E-state index contributed by atoms with van der Waals surface area (Å²) in [5, 5.41) is 1.80. The molecule has 6 heteroatoms. The van der Waals surface area contributed by atoms with Crippen LogP contribution in [0.3, 0.4) is 0 Å². The number of thiazole rings is 1. The fourth-order valence-electron chi connectivity index (χ4n) is 3.29. The summed E-state index contributed by atoms with van der Waals surface area (Å²) in [6.45, 7) is 4.77. The van der Waals surface area contributed by atoms with Gasteiger partial charge in [-0.1, -0.05) is 31.1 Å². The third kappa shape index (κ3) is 3.48. The quantitative estimate of drug-likeness (QED) is 0.849. The van der Waals surface area contributed by atoms with Crippen LogP contribution in [-0.2, 0) is 17.8 Å². The molecule has 130 valence electrons. The number of amides is 1. The molecule has 0 aromatic carbocycles. The first-order chi connectivity index (χ1) is 11.6. The van der Waals surface area contributed by atoms with Crippen LogP contribution in [0.5, 0.6) is 0 Å². The molecule has 2 aromatic rings. The molecule has 2 aromatic heterocycles. The Morgan fingerprint density at radius 2 is 2.17 bits per heavy atom. The maximum absolute atomic E-state index is 12.9. The second-order valence-electron chi connectivity index (χ2n) is 6.34. The fraction of sp³-hybridized carbons (Fsp3) is 0.556. The summed E-state index contributed by atoms with van der Waals surface area (Å²) in [6, 6.07) is 3.97. The molecule has 1 aliphatic heterocycles. The number of aromatic nitrogens is 1. The van der Waals surface area contributed by atoms with Crippen molar-refractivity contribution in [1.82, 2.24) is 9.47 Å². The van der Waals surface area contributed by atoms with Gasteiger partial charge < -0.3 is 9.32 Å². The van der Waals surface area contributed by atoms with Crippen molar-refractivity contribution in [1.29, 1.82) is 0 Å². The van der Waals surface area contributed by atoms with E-state index in [1.54, 1.807) is 9.95 Å². The van der Waals surface area contributed by atoms with Crippen LogP contribution >= 0.6 is 11.3 Å². The van der Waals surface area contributed by atoms with Crippen molar-refractivity contribution in [2.24, 2.45) is 0 Å². The van der Waals surface area contributed by atoms with Gasteiger partial charge in [-0.05, 0) is 31.9 Å². The van der Waals surface area contributed by atoms with Crippen LogP contribution in [0.4, 0.5) is 0 Å². The third-order valence-corrected chi connectivity index (χ3v) is 5.58. The summed E-state index contributed by atoms with van der Waals surface area (Å²) < 4.78 is 7.49. The number of carbonyl (C=O) groups is 1. The molecule has 3 rings (SSSR count). The van der Waals surface area contributed by atoms with E-state index < -0.39 is 0 Å². The van der Waals surface area contributed by atoms with Gasteiger partial charge in [-0.3, -0.25) is 14.2 Å². The molecule has 24 heavy (non-hydrogen) atoms. The highest BCUT2D eigenvalue weighted by Crippen LogP contribution is 2.31. The van der Waals surface area contributed by atoms with Gasteiger partial charge in [-0.2, -0.15) is 0 Å². The smallest absolute Gasteiger partial charge is 0.307 e. The molecule has 1 fully saturated rings. The van der Waals surface area contributed by atoms with E-state index in [0.29, 0.717) is 0 Å². The van der Waals surface area contributed by atoms with Crippen molar-refractivity contribution in [3.8, 4) is 0 Å². The second kappa shape index (κ2) is 7.38. The van der Waals surface area contributed by atoms with Crippen molar-refractivity contribution < 1.29 is 9.21 Å². The predicted octanol–water partition coefficient (Wildman–Crippen LogP) is 3.52. The Balaban J connectivity index is 1.84. The van der Waals surface area contributed by atoms with Gasteiger partial charge in [-0.25, -0.2) is 0 Å². The molecule has 1 saturated heterocycles. The molecular formula is C18H24N2O3S. The van der Waals surface area contributed by atoms with Crippen LogP contribution in [0.15, 0.2) is 26.7 Å². The number of furan rings is 1. The normalized spacial score (nSPS) is 18.6. The third-order valence-electron chi connectivity index (χ3n) is 4.70. The zero-order valence-electron chi connectivity index (χ0n) is 14.3. The average Bonchev–Trinajstić information content (AvgIpc) is 3.08. The lowest BCUT2D eigenvalue weighted by molar-refractivity contribution is -0.134. The SMILES string of the molecule is CCc1ccc(C2CCCCCN2C(=O)Cn2c(C)csc2=O)o1. The van der Waals surface area contributed by atoms with Gasteiger partial charge in [0.05, 0.1) is 6.04 Å². The maximum Gasteiger partial charge on any atom is 0.307 e. The van der Waals surface area contributed by atoms with Crippen LogP contribution in [0.1, 0.15) is 55.9 Å². The molecule has 3 heterocycles. The van der Waals surface area contributed by atoms with Crippen molar-refractivity contribution in [3.63, 3.8) is 0 Å². The van der Waals surface area contributed by atoms with Gasteiger partial charge in [0.1, 0.15) is 18.1 Å². The monoisotopic (exact) mass is 348 g/mol. The van der Waals surface area contributed by atoms with Crippen molar-refractivity contribution in [2.45, 2.75) is 58.5 Å². The van der Waals surface area contributed by atoms with Crippen LogP contribution in [0.2, 0.25) is 0 Å². The Kier molecular flexibility index (Phi) is 5.23. The standard InChI is InChI=1S/C18H24N2O3S/c1-3-14-8-9-16(23-14)15-7-5-4-6-10-19(15)17(21)11-20-13(2)12-24-18(20)22/h8-9,12,15H,3-7,10-11H2,1-2H3. The van der Waals surface area contributed by atoms with E-state index in [0.717, 1.165) is 67.2 Å². The largest absolute Gasteiger partial charge is 0.464 e. The van der Waals surface area contributed by atoms with Gasteiger partial charge in [-0.15, -0.1) is 0 Å². The number of rotatable bonds is 4. The minimum Gasteiger partial charge on any atom is -0.464 e. The van der Waals surface area contributed by atoms with Crippen LogP contribution in [0, 0.1) is 6.92 Å². The van der Waals surface area contributed by atoms with Gasteiger partial charge in [0.25, 0.3) is 0 Å². The first-order valence-electron chi connectivity index (χ1n) is 8.63. The second-order valence-corrected chi connectivity index (χ2v) is 7.16. The lowest BCUT2D eigenvalue weighted by Crippen LogP contribution is -2.38. The van der Waals surface area contributed by atoms with E-state index in [9.17, 15) is 9.59 Å². The van der Waals surface area contributed by atoms with Crippen LogP contribution in [-0.4, -0.2) is 21.9 Å². The lowest BCUT2D eigenvalue weighted by Gasteiger charge is -2.29. The summed E-state index contributed by atoms with van der Waals surface area (Å²) in [7, 11) is 0. The van der Waals surface area contributed by atoms with E-state index in [-0.39, 0.29) is 23.4 Å². The Morgan fingerprint density at radius 1 is 1.33 bits per heavy atom. The first kappa shape index (κ1) is 17.0. The lowest BCUT2D eigenvalue weighted by atomic mass is 10.1. The van der Waals surface area contributed by atoms with Gasteiger partial charge in [0, 0.05) is 24.0 Å². The first-order valence-corrected chi connectivity index (χ1v) is 9.51. The number of nitrogens with zero attached hydrogens (tertiary/aromatic N) is 2. The van der Waals surface area contributed by atoms with Crippen LogP contribution in [0.25, 0.3) is 0 Å². The highest BCUT2D eigenvalue weighted by molar-refractivity contribution is 7.07. The van der Waals surface area contributed by atoms with E-state index in [4.69, 9.17) is 4.42 Å². The number of carbonyl (C=O) groups excluding carboxylic acids is 1. The van der Waals surface area contributed by atoms with E-state index in [2.05, 4.69) is 6.92 Å². The Bertz CT molecular complexity index is 758. The summed E-state index contributed by atoms with van der Waals surface area (Å²) in [4.78, 5) is 26.7. The summed E-state index contributed by atoms with van der Waals surface area (Å²) in [5.74, 6) is 1.82. The molecule has 5 nitrogen and oxygen atoms in total. The molecule has 0 saturated carbocycles. The molecule has 0 bridgehead atoms. The fourth-order valence-corrected chi connectivity index (χ4v) is 4.02. The number of likely N-dealkylation sites (tertiary alicyclic amines) is 1. The van der Waals surface area contributed by atoms with Crippen LogP contribution < -0.4 is 4.87 Å². The highest BCUT2D eigenvalue weighted by Gasteiger charge is 2.29. The summed E-state index contributed by atoms with van der Waals surface area (Å²) in [5.41, 5.74) is 0.844. The molecule has 1 amide bonds. The Morgan fingerprint density at radius 3 is 2.83 bits per heavy atom. The average molecular weight is 348 g/mol. The molecule has 1 atom stereocenters. The topological polar surface area (TPSA) is 55.5 Å². The van der Waals surface area contributed by atoms with Gasteiger partial charge in [0.2, 0.25) is 5.91 Å². The predicted molar refractivity (Wildman–Crippen MR) is 94.3 cm³/mol. The Hall–Kier alpha value is -1.82. The van der Waals surface area contributed by atoms with E-state index >= 15 is 0 Å². The molecular weight excluding hydrogens is 324 g/mol. The number of hydrogen-bond donors (Lipinski definition) is 0. The van der Waals surface area contributed by atoms with Crippen molar-refractivity contribution >= 4 is 17.2 Å². The zero-order valence-corrected chi connectivity index (χ0v) is 15.1. The molecule has 0 N–H and O–H groups in total. The zero-order chi connectivity index (χ0) is 17.1. The van der Waals surface area contributed by atoms with Crippen molar-refractivity contribution in [3.05, 3.63) is 44.4 Å². The molecule has 0 radical (unpaired) electrons. The van der Waals surface area contributed by atoms with Crippen molar-refractivity contribution in [2.75, 3.05) is 6.54 Å².